The fourth-order valence-corrected chi connectivity index (χ4v) is 2.70. The van der Waals surface area contributed by atoms with Crippen molar-refractivity contribution >= 4 is 11.9 Å². The minimum Gasteiger partial charge on any atom is -0.447 e. The Hall–Kier alpha value is -2.28. The van der Waals surface area contributed by atoms with E-state index in [0.717, 1.165) is 0 Å². The number of hydrogen-bond donors (Lipinski definition) is 1. The van der Waals surface area contributed by atoms with Gasteiger partial charge >= 0.3 is 5.97 Å². The first kappa shape index (κ1) is 16.1. The minimum absolute atomic E-state index is 0.122. The van der Waals surface area contributed by atoms with Crippen LogP contribution < -0.4 is 0 Å². The van der Waals surface area contributed by atoms with Crippen molar-refractivity contribution in [2.45, 2.75) is 31.1 Å². The molecule has 0 aromatic carbocycles. The standard InChI is InChI=1S/C16H17NO5/c1-12(19)22-13-8-6-4-3-5-7-9-16(21-2)14(13)17(10-11-18)15(16)20/h3-4,13-14,18H,9-11H2,1-2H3/b4-3-/t13-,14+,16-/m1/s1. The van der Waals surface area contributed by atoms with Crippen molar-refractivity contribution in [2.75, 3.05) is 20.3 Å². The molecule has 3 atom stereocenters. The Labute approximate surface area is 129 Å². The average Bonchev–Trinajstić information content (AvgIpc) is 2.49. The number of β-amino-alcohol motifs (C(OH)–C–C–N with tert-alkyl or cyclic N) is 1. The van der Waals surface area contributed by atoms with Gasteiger partial charge in [0.2, 0.25) is 0 Å². The third-order valence-electron chi connectivity index (χ3n) is 3.65. The zero-order chi connectivity index (χ0) is 16.2. The largest absolute Gasteiger partial charge is 0.447 e. The number of fused-ring (bicyclic) bond motifs is 1. The van der Waals surface area contributed by atoms with Gasteiger partial charge in [0.1, 0.15) is 6.04 Å². The molecule has 1 fully saturated rings. The highest BCUT2D eigenvalue weighted by molar-refractivity contribution is 5.94. The Balaban J connectivity index is 2.44. The molecule has 0 unspecified atom stereocenters. The molecular formula is C16H17NO5. The van der Waals surface area contributed by atoms with Crippen LogP contribution in [0, 0.1) is 23.7 Å². The first-order valence-electron chi connectivity index (χ1n) is 6.85. The summed E-state index contributed by atoms with van der Waals surface area (Å²) in [4.78, 5) is 25.2. The van der Waals surface area contributed by atoms with Gasteiger partial charge in [-0.05, 0) is 12.2 Å². The van der Waals surface area contributed by atoms with Gasteiger partial charge in [-0.2, -0.15) is 0 Å². The van der Waals surface area contributed by atoms with Crippen molar-refractivity contribution in [1.29, 1.82) is 0 Å². The molecule has 1 saturated heterocycles. The Kier molecular flexibility index (Phi) is 4.87. The Morgan fingerprint density at radius 2 is 2.23 bits per heavy atom. The number of carbonyl (C=O) groups excluding carboxylic acids is 2. The number of methoxy groups -OCH3 is 1. The lowest BCUT2D eigenvalue weighted by atomic mass is 9.76. The summed E-state index contributed by atoms with van der Waals surface area (Å²) in [5, 5.41) is 9.14. The van der Waals surface area contributed by atoms with Gasteiger partial charge in [0.05, 0.1) is 6.61 Å². The molecule has 1 aliphatic carbocycles. The molecule has 1 N–H and O–H groups in total. The molecule has 0 radical (unpaired) electrons. The van der Waals surface area contributed by atoms with Crippen LogP contribution in [0.3, 0.4) is 0 Å². The van der Waals surface area contributed by atoms with Crippen molar-refractivity contribution in [1.82, 2.24) is 4.90 Å². The minimum atomic E-state index is -1.21. The molecule has 22 heavy (non-hydrogen) atoms. The fraction of sp³-hybridized carbons (Fsp3) is 0.500. The summed E-state index contributed by atoms with van der Waals surface area (Å²) >= 11 is 0. The molecule has 0 aromatic heterocycles. The number of hydrogen-bond acceptors (Lipinski definition) is 5. The van der Waals surface area contributed by atoms with Gasteiger partial charge in [0.25, 0.3) is 5.91 Å². The monoisotopic (exact) mass is 303 g/mol. The SMILES string of the molecule is CO[C@]12CC#C/C=C\C#C[C@@H](OC(C)=O)[C@@H]1N(CCO)C2=O. The highest BCUT2D eigenvalue weighted by atomic mass is 16.6. The highest BCUT2D eigenvalue weighted by Crippen LogP contribution is 2.39. The van der Waals surface area contributed by atoms with E-state index in [1.54, 1.807) is 12.2 Å². The first-order chi connectivity index (χ1) is 10.6. The maximum absolute atomic E-state index is 12.4. The Morgan fingerprint density at radius 3 is 2.86 bits per heavy atom. The molecule has 116 valence electrons. The van der Waals surface area contributed by atoms with Gasteiger partial charge in [0.15, 0.2) is 11.7 Å². The summed E-state index contributed by atoms with van der Waals surface area (Å²) in [5.41, 5.74) is -1.21. The summed E-state index contributed by atoms with van der Waals surface area (Å²) in [6.07, 6.45) is 2.45. The van der Waals surface area contributed by atoms with Crippen LogP contribution in [0.25, 0.3) is 0 Å². The Bertz CT molecular complexity index is 618. The van der Waals surface area contributed by atoms with Crippen molar-refractivity contribution in [3.05, 3.63) is 12.2 Å². The third kappa shape index (κ3) is 2.71. The quantitative estimate of drug-likeness (QED) is 0.429. The van der Waals surface area contributed by atoms with Crippen molar-refractivity contribution in [3.8, 4) is 23.7 Å². The number of rotatable bonds is 4. The summed E-state index contributed by atoms with van der Waals surface area (Å²) in [6, 6.07) is -0.602. The maximum Gasteiger partial charge on any atom is 0.303 e. The van der Waals surface area contributed by atoms with Crippen LogP contribution in [0.2, 0.25) is 0 Å². The van der Waals surface area contributed by atoms with E-state index in [1.807, 2.05) is 0 Å². The summed E-state index contributed by atoms with van der Waals surface area (Å²) in [7, 11) is 1.42. The van der Waals surface area contributed by atoms with E-state index in [4.69, 9.17) is 14.6 Å². The van der Waals surface area contributed by atoms with Crippen LogP contribution >= 0.6 is 0 Å². The van der Waals surface area contributed by atoms with Gasteiger partial charge in [-0.1, -0.05) is 23.7 Å². The summed E-state index contributed by atoms with van der Waals surface area (Å²) in [5.74, 6) is 10.4. The second kappa shape index (κ2) is 6.65. The number of carbonyl (C=O) groups is 2. The van der Waals surface area contributed by atoms with E-state index in [9.17, 15) is 9.59 Å². The molecule has 1 heterocycles. The third-order valence-corrected chi connectivity index (χ3v) is 3.65. The maximum atomic E-state index is 12.4. The summed E-state index contributed by atoms with van der Waals surface area (Å²) in [6.45, 7) is 1.20. The van der Waals surface area contributed by atoms with Crippen LogP contribution in [0.5, 0.6) is 0 Å². The van der Waals surface area contributed by atoms with E-state index >= 15 is 0 Å². The first-order valence-corrected chi connectivity index (χ1v) is 6.85. The van der Waals surface area contributed by atoms with Crippen LogP contribution in [0.4, 0.5) is 0 Å². The van der Waals surface area contributed by atoms with E-state index in [0.29, 0.717) is 0 Å². The molecule has 0 saturated carbocycles. The number of aliphatic hydroxyl groups is 1. The van der Waals surface area contributed by atoms with Crippen LogP contribution in [0.1, 0.15) is 13.3 Å². The van der Waals surface area contributed by atoms with E-state index < -0.39 is 23.7 Å². The molecule has 6 nitrogen and oxygen atoms in total. The number of esters is 1. The lowest BCUT2D eigenvalue weighted by Gasteiger charge is -2.55. The van der Waals surface area contributed by atoms with Crippen LogP contribution in [-0.2, 0) is 19.1 Å². The number of allylic oxidation sites excluding steroid dienone is 2. The lowest BCUT2D eigenvalue weighted by molar-refractivity contribution is -0.211. The number of likely N-dealkylation sites (tertiary alicyclic amines) is 1. The van der Waals surface area contributed by atoms with E-state index in [2.05, 4.69) is 23.7 Å². The number of ether oxygens (including phenoxy) is 2. The van der Waals surface area contributed by atoms with Gasteiger partial charge in [-0.15, -0.1) is 0 Å². The van der Waals surface area contributed by atoms with E-state index in [-0.39, 0.29) is 25.5 Å². The highest BCUT2D eigenvalue weighted by Gasteiger charge is 2.64. The molecule has 6 heteroatoms. The van der Waals surface area contributed by atoms with Crippen LogP contribution in [-0.4, -0.2) is 59.9 Å². The number of nitrogens with zero attached hydrogens (tertiary/aromatic N) is 1. The van der Waals surface area contributed by atoms with Gasteiger partial charge in [0, 0.05) is 27.0 Å². The van der Waals surface area contributed by atoms with Crippen molar-refractivity contribution in [2.24, 2.45) is 0 Å². The molecule has 1 aliphatic heterocycles. The van der Waals surface area contributed by atoms with Gasteiger partial charge in [-0.25, -0.2) is 0 Å². The van der Waals surface area contributed by atoms with Crippen molar-refractivity contribution < 1.29 is 24.2 Å². The van der Waals surface area contributed by atoms with Gasteiger partial charge in [-0.3, -0.25) is 9.59 Å². The van der Waals surface area contributed by atoms with Gasteiger partial charge < -0.3 is 19.5 Å². The summed E-state index contributed by atoms with van der Waals surface area (Å²) < 4.78 is 10.7. The lowest BCUT2D eigenvalue weighted by Crippen LogP contribution is -2.78. The number of β-lactam (4-membered cyclic amide) rings is 1. The molecular weight excluding hydrogens is 286 g/mol. The smallest absolute Gasteiger partial charge is 0.303 e. The predicted octanol–water partition coefficient (Wildman–Crippen LogP) is -0.527. The molecule has 1 amide bonds. The van der Waals surface area contributed by atoms with Crippen molar-refractivity contribution in [3.63, 3.8) is 0 Å². The average molecular weight is 303 g/mol. The normalized spacial score (nSPS) is 30.7. The predicted molar refractivity (Wildman–Crippen MR) is 77.2 cm³/mol. The molecule has 2 rings (SSSR count). The molecule has 2 aliphatic rings. The Morgan fingerprint density at radius 1 is 1.50 bits per heavy atom. The zero-order valence-electron chi connectivity index (χ0n) is 12.5. The number of aliphatic hydroxyl groups excluding tert-OH is 1. The molecule has 0 spiro atoms. The molecule has 0 bridgehead atoms. The van der Waals surface area contributed by atoms with Crippen LogP contribution in [0.15, 0.2) is 12.2 Å². The second-order valence-electron chi connectivity index (χ2n) is 4.91. The second-order valence-corrected chi connectivity index (χ2v) is 4.91. The fourth-order valence-electron chi connectivity index (χ4n) is 2.70. The number of amides is 1. The topological polar surface area (TPSA) is 76.1 Å². The zero-order valence-corrected chi connectivity index (χ0v) is 12.5. The van der Waals surface area contributed by atoms with E-state index in [1.165, 1.54) is 18.9 Å². The molecule has 0 aromatic rings.